The molecule has 2 amide bonds. The lowest BCUT2D eigenvalue weighted by Crippen LogP contribution is -2.44. The average Bonchev–Trinajstić information content (AvgIpc) is 3.04. The number of rotatable bonds is 7. The van der Waals surface area contributed by atoms with Crippen molar-refractivity contribution in [3.63, 3.8) is 0 Å². The molecule has 1 fully saturated rings. The third kappa shape index (κ3) is 5.58. The first kappa shape index (κ1) is 20.6. The summed E-state index contributed by atoms with van der Waals surface area (Å²) in [6.45, 7) is 2.88. The van der Waals surface area contributed by atoms with Gasteiger partial charge >= 0.3 is 0 Å². The maximum absolute atomic E-state index is 12.4. The maximum atomic E-state index is 12.4. The minimum absolute atomic E-state index is 0. The quantitative estimate of drug-likeness (QED) is 0.764. The van der Waals surface area contributed by atoms with Crippen LogP contribution in [0.4, 0.5) is 5.69 Å². The first-order chi connectivity index (χ1) is 11.2. The highest BCUT2D eigenvalue weighted by Crippen LogP contribution is 2.24. The molecule has 1 unspecified atom stereocenters. The van der Waals surface area contributed by atoms with E-state index < -0.39 is 6.04 Å². The van der Waals surface area contributed by atoms with E-state index in [1.165, 1.54) is 0 Å². The van der Waals surface area contributed by atoms with Gasteiger partial charge in [0.15, 0.2) is 0 Å². The van der Waals surface area contributed by atoms with Crippen molar-refractivity contribution in [2.24, 2.45) is 5.73 Å². The molecule has 0 aliphatic carbocycles. The molecule has 1 aliphatic heterocycles. The molecule has 24 heavy (non-hydrogen) atoms. The summed E-state index contributed by atoms with van der Waals surface area (Å²) < 4.78 is 5.40. The molecule has 1 saturated heterocycles. The molecule has 3 N–H and O–H groups in total. The minimum Gasteiger partial charge on any atom is -0.492 e. The molecule has 1 aromatic carbocycles. The number of carbonyl (C=O) groups is 2. The fraction of sp³-hybridized carbons (Fsp3) is 0.500. The van der Waals surface area contributed by atoms with E-state index in [4.69, 9.17) is 10.5 Å². The number of hydrogen-bond donors (Lipinski definition) is 2. The normalized spacial score (nSPS) is 16.4. The summed E-state index contributed by atoms with van der Waals surface area (Å²) in [5, 5.41) is 2.87. The molecular formula is C16H24ClN3O3S. The fourth-order valence-electron chi connectivity index (χ4n) is 2.30. The van der Waals surface area contributed by atoms with Crippen molar-refractivity contribution in [2.45, 2.75) is 25.8 Å². The molecule has 0 saturated carbocycles. The van der Waals surface area contributed by atoms with E-state index in [9.17, 15) is 9.59 Å². The molecule has 2 rings (SSSR count). The van der Waals surface area contributed by atoms with Gasteiger partial charge in [0, 0.05) is 24.4 Å². The number of carbonyl (C=O) groups excluding carboxylic acids is 2. The van der Waals surface area contributed by atoms with E-state index in [-0.39, 0.29) is 24.2 Å². The number of nitrogens with two attached hydrogens (primary N) is 1. The highest BCUT2D eigenvalue weighted by molar-refractivity contribution is 7.99. The van der Waals surface area contributed by atoms with Gasteiger partial charge in [0.2, 0.25) is 11.8 Å². The number of amides is 2. The van der Waals surface area contributed by atoms with Gasteiger partial charge in [-0.2, -0.15) is 0 Å². The first-order valence-corrected chi connectivity index (χ1v) is 8.92. The Hall–Kier alpha value is -1.44. The zero-order valence-electron chi connectivity index (χ0n) is 13.7. The molecule has 1 aromatic rings. The molecular weight excluding hydrogens is 350 g/mol. The van der Waals surface area contributed by atoms with Crippen molar-refractivity contribution >= 4 is 41.7 Å². The molecule has 1 atom stereocenters. The molecule has 0 radical (unpaired) electrons. The highest BCUT2D eigenvalue weighted by Gasteiger charge is 2.34. The van der Waals surface area contributed by atoms with Crippen LogP contribution < -0.4 is 15.8 Å². The van der Waals surface area contributed by atoms with Gasteiger partial charge in [-0.15, -0.1) is 24.2 Å². The largest absolute Gasteiger partial charge is 0.492 e. The molecule has 6 nitrogen and oxygen atoms in total. The number of halogens is 1. The summed E-state index contributed by atoms with van der Waals surface area (Å²) in [5.41, 5.74) is 6.07. The second-order valence-electron chi connectivity index (χ2n) is 5.28. The van der Waals surface area contributed by atoms with E-state index in [0.717, 1.165) is 6.42 Å². The zero-order valence-corrected chi connectivity index (χ0v) is 15.3. The van der Waals surface area contributed by atoms with E-state index in [1.807, 2.05) is 6.92 Å². The van der Waals surface area contributed by atoms with Gasteiger partial charge in [-0.25, -0.2) is 0 Å². The Kier molecular flexibility index (Phi) is 8.95. The average molecular weight is 374 g/mol. The van der Waals surface area contributed by atoms with Crippen LogP contribution in [-0.2, 0) is 9.59 Å². The van der Waals surface area contributed by atoms with Gasteiger partial charge in [0.05, 0.1) is 5.88 Å². The van der Waals surface area contributed by atoms with Gasteiger partial charge in [0.25, 0.3) is 0 Å². The van der Waals surface area contributed by atoms with Gasteiger partial charge in [-0.3, -0.25) is 9.59 Å². The van der Waals surface area contributed by atoms with Crippen LogP contribution in [0.5, 0.6) is 5.75 Å². The molecule has 1 aliphatic rings. The number of anilines is 1. The van der Waals surface area contributed by atoms with Crippen LogP contribution in [0.1, 0.15) is 19.8 Å². The van der Waals surface area contributed by atoms with Crippen molar-refractivity contribution in [1.82, 2.24) is 4.90 Å². The van der Waals surface area contributed by atoms with Crippen molar-refractivity contribution in [3.05, 3.63) is 24.3 Å². The van der Waals surface area contributed by atoms with Crippen molar-refractivity contribution in [2.75, 3.05) is 30.1 Å². The van der Waals surface area contributed by atoms with Crippen molar-refractivity contribution in [1.29, 1.82) is 0 Å². The molecule has 8 heteroatoms. The fourth-order valence-corrected chi connectivity index (χ4v) is 3.48. The summed E-state index contributed by atoms with van der Waals surface area (Å²) in [5.74, 6) is 1.84. The van der Waals surface area contributed by atoms with Crippen LogP contribution in [0.15, 0.2) is 24.3 Å². The molecule has 0 aromatic heterocycles. The second kappa shape index (κ2) is 10.4. The highest BCUT2D eigenvalue weighted by atomic mass is 35.5. The van der Waals surface area contributed by atoms with Crippen LogP contribution >= 0.6 is 24.2 Å². The van der Waals surface area contributed by atoms with Gasteiger partial charge < -0.3 is 20.7 Å². The molecule has 134 valence electrons. The molecule has 0 bridgehead atoms. The van der Waals surface area contributed by atoms with Crippen LogP contribution in [0.3, 0.4) is 0 Å². The standard InChI is InChI=1S/C16H23N3O3S.ClH/c1-2-3-15(20)19-11-23-10-14(19)16(21)18-12-4-6-13(7-5-12)22-9-8-17;/h4-7,14H,2-3,8-11,17H2,1H3,(H,18,21);1H. The zero-order chi connectivity index (χ0) is 16.7. The van der Waals surface area contributed by atoms with Gasteiger partial charge in [-0.1, -0.05) is 6.92 Å². The summed E-state index contributed by atoms with van der Waals surface area (Å²) in [4.78, 5) is 26.2. The van der Waals surface area contributed by atoms with Crippen LogP contribution in [0, 0.1) is 0 Å². The van der Waals surface area contributed by atoms with Gasteiger partial charge in [0.1, 0.15) is 18.4 Å². The topological polar surface area (TPSA) is 84.7 Å². The monoisotopic (exact) mass is 373 g/mol. The summed E-state index contributed by atoms with van der Waals surface area (Å²) in [6, 6.07) is 6.74. The molecule has 1 heterocycles. The summed E-state index contributed by atoms with van der Waals surface area (Å²) >= 11 is 1.61. The molecule has 0 spiro atoms. The Morgan fingerprint density at radius 1 is 1.38 bits per heavy atom. The predicted octanol–water partition coefficient (Wildman–Crippen LogP) is 2.09. The summed E-state index contributed by atoms with van der Waals surface area (Å²) in [7, 11) is 0. The van der Waals surface area contributed by atoms with E-state index in [2.05, 4.69) is 5.32 Å². The van der Waals surface area contributed by atoms with E-state index in [0.29, 0.717) is 42.6 Å². The predicted molar refractivity (Wildman–Crippen MR) is 99.7 cm³/mol. The number of nitrogens with one attached hydrogen (secondary N) is 1. The first-order valence-electron chi connectivity index (χ1n) is 7.76. The minimum atomic E-state index is -0.396. The third-order valence-electron chi connectivity index (χ3n) is 3.48. The van der Waals surface area contributed by atoms with Gasteiger partial charge in [-0.05, 0) is 30.7 Å². The number of benzene rings is 1. The SMILES string of the molecule is CCCC(=O)N1CSCC1C(=O)Nc1ccc(OCCN)cc1.Cl. The van der Waals surface area contributed by atoms with Crippen LogP contribution in [0.2, 0.25) is 0 Å². The van der Waals surface area contributed by atoms with Crippen LogP contribution in [0.25, 0.3) is 0 Å². The lowest BCUT2D eigenvalue weighted by molar-refractivity contribution is -0.136. The van der Waals surface area contributed by atoms with E-state index >= 15 is 0 Å². The lowest BCUT2D eigenvalue weighted by atomic mass is 10.2. The Bertz CT molecular complexity index is 542. The van der Waals surface area contributed by atoms with E-state index in [1.54, 1.807) is 40.9 Å². The Morgan fingerprint density at radius 3 is 2.71 bits per heavy atom. The smallest absolute Gasteiger partial charge is 0.248 e. The number of hydrogen-bond acceptors (Lipinski definition) is 5. The number of ether oxygens (including phenoxy) is 1. The maximum Gasteiger partial charge on any atom is 0.248 e. The Balaban J connectivity index is 0.00000288. The lowest BCUT2D eigenvalue weighted by Gasteiger charge is -2.23. The van der Waals surface area contributed by atoms with Crippen LogP contribution in [-0.4, -0.2) is 47.5 Å². The summed E-state index contributed by atoms with van der Waals surface area (Å²) in [6.07, 6.45) is 1.27. The van der Waals surface area contributed by atoms with Crippen molar-refractivity contribution in [3.8, 4) is 5.75 Å². The Morgan fingerprint density at radius 2 is 2.08 bits per heavy atom. The third-order valence-corrected chi connectivity index (χ3v) is 4.49. The number of thioether (sulfide) groups is 1. The number of nitrogens with zero attached hydrogens (tertiary/aromatic N) is 1. The Labute approximate surface area is 152 Å². The van der Waals surface area contributed by atoms with Crippen molar-refractivity contribution < 1.29 is 14.3 Å². The second-order valence-corrected chi connectivity index (χ2v) is 6.28.